The molecule has 0 spiro atoms. The van der Waals surface area contributed by atoms with Crippen LogP contribution < -0.4 is 0 Å². The maximum atomic E-state index is 10.9. The highest BCUT2D eigenvalue weighted by molar-refractivity contribution is 5.81. The number of carbonyl (C=O) groups is 1. The molecule has 96 valence electrons. The Labute approximate surface area is 112 Å². The fourth-order valence-electron chi connectivity index (χ4n) is 1.70. The first-order chi connectivity index (χ1) is 9.24. The number of aryl methyl sites for hydroxylation is 1. The molecule has 2 rings (SSSR count). The number of carbonyl (C=O) groups excluding carboxylic acids is 1. The molecule has 4 nitrogen and oxygen atoms in total. The van der Waals surface area contributed by atoms with E-state index in [9.17, 15) is 4.79 Å². The summed E-state index contributed by atoms with van der Waals surface area (Å²) in [4.78, 5) is 10.9. The minimum Gasteiger partial charge on any atom is -0.296 e. The van der Waals surface area contributed by atoms with E-state index in [1.165, 1.54) is 5.56 Å². The molecule has 0 fully saturated rings. The van der Waals surface area contributed by atoms with Crippen LogP contribution in [0.4, 0.5) is 0 Å². The van der Waals surface area contributed by atoms with Crippen LogP contribution in [0.1, 0.15) is 27.3 Å². The van der Waals surface area contributed by atoms with Crippen molar-refractivity contribution in [1.29, 1.82) is 0 Å². The molecule has 0 atom stereocenters. The van der Waals surface area contributed by atoms with Crippen LogP contribution in [-0.2, 0) is 6.54 Å². The third-order valence-electron chi connectivity index (χ3n) is 2.73. The Bertz CT molecular complexity index is 609. The summed E-state index contributed by atoms with van der Waals surface area (Å²) in [6, 6.07) is 8.13. The Kier molecular flexibility index (Phi) is 4.03. The third-order valence-corrected chi connectivity index (χ3v) is 2.73. The lowest BCUT2D eigenvalue weighted by molar-refractivity contribution is 0.111. The summed E-state index contributed by atoms with van der Waals surface area (Å²) < 4.78 is 1.64. The lowest BCUT2D eigenvalue weighted by Gasteiger charge is -1.99. The number of hydrogen-bond acceptors (Lipinski definition) is 3. The number of rotatable bonds is 5. The first-order valence-corrected chi connectivity index (χ1v) is 5.99. The van der Waals surface area contributed by atoms with Crippen LogP contribution in [0, 0.1) is 6.92 Å². The van der Waals surface area contributed by atoms with E-state index in [1.54, 1.807) is 10.8 Å². The molecule has 0 saturated heterocycles. The van der Waals surface area contributed by atoms with Crippen molar-refractivity contribution in [3.8, 4) is 0 Å². The molecule has 0 amide bonds. The Morgan fingerprint density at radius 1 is 1.26 bits per heavy atom. The van der Waals surface area contributed by atoms with E-state index < -0.39 is 0 Å². The van der Waals surface area contributed by atoms with Gasteiger partial charge in [-0.2, -0.15) is 0 Å². The van der Waals surface area contributed by atoms with E-state index >= 15 is 0 Å². The predicted octanol–water partition coefficient (Wildman–Crippen LogP) is 2.76. The Hall–Kier alpha value is -2.49. The molecule has 0 radical (unpaired) electrons. The second-order valence-corrected chi connectivity index (χ2v) is 4.19. The minimum atomic E-state index is 0.338. The topological polar surface area (TPSA) is 47.8 Å². The van der Waals surface area contributed by atoms with E-state index in [-0.39, 0.29) is 0 Å². The van der Waals surface area contributed by atoms with E-state index in [4.69, 9.17) is 0 Å². The van der Waals surface area contributed by atoms with Gasteiger partial charge in [-0.25, -0.2) is 4.68 Å². The van der Waals surface area contributed by atoms with Crippen LogP contribution in [-0.4, -0.2) is 21.3 Å². The molecule has 0 N–H and O–H groups in total. The molecule has 0 unspecified atom stereocenters. The van der Waals surface area contributed by atoms with Crippen molar-refractivity contribution in [1.82, 2.24) is 15.0 Å². The first-order valence-electron chi connectivity index (χ1n) is 5.99. The summed E-state index contributed by atoms with van der Waals surface area (Å²) in [7, 11) is 0. The van der Waals surface area contributed by atoms with Crippen LogP contribution in [0.15, 0.2) is 36.9 Å². The summed E-state index contributed by atoms with van der Waals surface area (Å²) in [6.07, 6.45) is 6.20. The van der Waals surface area contributed by atoms with Crippen molar-refractivity contribution in [2.24, 2.45) is 0 Å². The molecule has 0 saturated carbocycles. The van der Waals surface area contributed by atoms with E-state index in [0.717, 1.165) is 5.56 Å². The van der Waals surface area contributed by atoms with Crippen molar-refractivity contribution < 1.29 is 4.79 Å². The first kappa shape index (κ1) is 13.0. The fourth-order valence-corrected chi connectivity index (χ4v) is 1.70. The lowest BCUT2D eigenvalue weighted by Crippen LogP contribution is -2.00. The third kappa shape index (κ3) is 3.04. The molecule has 0 aliphatic rings. The zero-order valence-corrected chi connectivity index (χ0v) is 10.8. The monoisotopic (exact) mass is 253 g/mol. The standard InChI is InChI=1S/C15H15N3O/c1-3-10-18-15(14(11-19)16-17-18)9-8-13-6-4-12(2)5-7-13/h3-9,11H,1,10H2,2H3/b9-8+. The summed E-state index contributed by atoms with van der Waals surface area (Å²) >= 11 is 0. The van der Waals surface area contributed by atoms with Crippen LogP contribution in [0.2, 0.25) is 0 Å². The molecule has 1 heterocycles. The zero-order chi connectivity index (χ0) is 13.7. The van der Waals surface area contributed by atoms with Crippen molar-refractivity contribution in [3.05, 3.63) is 59.4 Å². The Morgan fingerprint density at radius 3 is 2.63 bits per heavy atom. The zero-order valence-electron chi connectivity index (χ0n) is 10.8. The van der Waals surface area contributed by atoms with Gasteiger partial charge >= 0.3 is 0 Å². The van der Waals surface area contributed by atoms with E-state index in [1.807, 2.05) is 43.3 Å². The average molecular weight is 253 g/mol. The molecule has 0 aliphatic carbocycles. The molecule has 0 bridgehead atoms. The smallest absolute Gasteiger partial charge is 0.172 e. The van der Waals surface area contributed by atoms with Crippen LogP contribution in [0.3, 0.4) is 0 Å². The lowest BCUT2D eigenvalue weighted by atomic mass is 10.1. The van der Waals surface area contributed by atoms with Crippen molar-refractivity contribution >= 4 is 18.4 Å². The van der Waals surface area contributed by atoms with Gasteiger partial charge in [-0.1, -0.05) is 47.2 Å². The minimum absolute atomic E-state index is 0.338. The Morgan fingerprint density at radius 2 is 2.00 bits per heavy atom. The van der Waals surface area contributed by atoms with Gasteiger partial charge in [0.25, 0.3) is 0 Å². The van der Waals surface area contributed by atoms with Crippen LogP contribution >= 0.6 is 0 Å². The van der Waals surface area contributed by atoms with Gasteiger partial charge in [0, 0.05) is 0 Å². The Balaban J connectivity index is 2.30. The molecule has 1 aromatic carbocycles. The molecular formula is C15H15N3O. The maximum Gasteiger partial charge on any atom is 0.172 e. The summed E-state index contributed by atoms with van der Waals surface area (Å²) in [6.45, 7) is 6.22. The van der Waals surface area contributed by atoms with Crippen molar-refractivity contribution in [2.75, 3.05) is 0 Å². The maximum absolute atomic E-state index is 10.9. The van der Waals surface area contributed by atoms with Gasteiger partial charge in [-0.15, -0.1) is 11.7 Å². The number of hydrogen-bond donors (Lipinski definition) is 0. The largest absolute Gasteiger partial charge is 0.296 e. The SMILES string of the molecule is C=CCn1nnc(C=O)c1/C=C/c1ccc(C)cc1. The van der Waals surface area contributed by atoms with Crippen LogP contribution in [0.5, 0.6) is 0 Å². The summed E-state index contributed by atoms with van der Waals surface area (Å²) in [5.74, 6) is 0. The molecule has 4 heteroatoms. The second kappa shape index (κ2) is 5.91. The van der Waals surface area contributed by atoms with Gasteiger partial charge in [0.15, 0.2) is 12.0 Å². The van der Waals surface area contributed by atoms with Gasteiger partial charge in [0.1, 0.15) is 0 Å². The number of nitrogens with zero attached hydrogens (tertiary/aromatic N) is 3. The highest BCUT2D eigenvalue weighted by Gasteiger charge is 2.07. The van der Waals surface area contributed by atoms with E-state index in [0.29, 0.717) is 24.2 Å². The average Bonchev–Trinajstić information content (AvgIpc) is 2.81. The molecule has 0 aliphatic heterocycles. The molecule has 1 aromatic heterocycles. The van der Waals surface area contributed by atoms with Crippen molar-refractivity contribution in [2.45, 2.75) is 13.5 Å². The molecule has 2 aromatic rings. The fraction of sp³-hybridized carbons (Fsp3) is 0.133. The van der Waals surface area contributed by atoms with E-state index in [2.05, 4.69) is 16.9 Å². The van der Waals surface area contributed by atoms with Gasteiger partial charge in [0.05, 0.1) is 12.2 Å². The van der Waals surface area contributed by atoms with Gasteiger partial charge in [-0.3, -0.25) is 4.79 Å². The number of aromatic nitrogens is 3. The number of benzene rings is 1. The predicted molar refractivity (Wildman–Crippen MR) is 75.7 cm³/mol. The second-order valence-electron chi connectivity index (χ2n) is 4.19. The summed E-state index contributed by atoms with van der Waals surface area (Å²) in [5, 5.41) is 7.74. The van der Waals surface area contributed by atoms with Gasteiger partial charge < -0.3 is 0 Å². The highest BCUT2D eigenvalue weighted by Crippen LogP contribution is 2.11. The molecular weight excluding hydrogens is 238 g/mol. The van der Waals surface area contributed by atoms with Crippen molar-refractivity contribution in [3.63, 3.8) is 0 Å². The highest BCUT2D eigenvalue weighted by atomic mass is 16.1. The molecule has 19 heavy (non-hydrogen) atoms. The van der Waals surface area contributed by atoms with Gasteiger partial charge in [-0.05, 0) is 18.6 Å². The normalized spacial score (nSPS) is 10.8. The van der Waals surface area contributed by atoms with Crippen LogP contribution in [0.25, 0.3) is 12.2 Å². The van der Waals surface area contributed by atoms with Gasteiger partial charge in [0.2, 0.25) is 0 Å². The number of aldehydes is 1. The quantitative estimate of drug-likeness (QED) is 0.608. The number of allylic oxidation sites excluding steroid dienone is 1. The summed E-state index contributed by atoms with van der Waals surface area (Å²) in [5.41, 5.74) is 3.30.